The fourth-order valence-corrected chi connectivity index (χ4v) is 4.52. The highest BCUT2D eigenvalue weighted by Gasteiger charge is 2.38. The van der Waals surface area contributed by atoms with Crippen molar-refractivity contribution >= 4 is 0 Å². The molecule has 2 N–H and O–H groups in total. The molecule has 1 aliphatic carbocycles. The molecule has 1 saturated heterocycles. The van der Waals surface area contributed by atoms with Crippen molar-refractivity contribution < 1.29 is 0 Å². The van der Waals surface area contributed by atoms with Gasteiger partial charge in [-0.25, -0.2) is 0 Å². The maximum atomic E-state index is 6.53. The molecule has 4 atom stereocenters. The van der Waals surface area contributed by atoms with E-state index in [9.17, 15) is 0 Å². The van der Waals surface area contributed by atoms with Gasteiger partial charge >= 0.3 is 0 Å². The summed E-state index contributed by atoms with van der Waals surface area (Å²) in [5.41, 5.74) is 7.02. The second-order valence-corrected chi connectivity index (χ2v) is 8.32. The quantitative estimate of drug-likeness (QED) is 0.831. The van der Waals surface area contributed by atoms with Gasteiger partial charge in [0.1, 0.15) is 0 Å². The van der Waals surface area contributed by atoms with Crippen LogP contribution in [-0.4, -0.2) is 30.1 Å². The van der Waals surface area contributed by atoms with Crippen LogP contribution in [0.3, 0.4) is 0 Å². The van der Waals surface area contributed by atoms with Crippen LogP contribution >= 0.6 is 0 Å². The van der Waals surface area contributed by atoms with Gasteiger partial charge in [-0.15, -0.1) is 0 Å². The van der Waals surface area contributed by atoms with Gasteiger partial charge in [0.2, 0.25) is 0 Å². The molecule has 2 nitrogen and oxygen atoms in total. The van der Waals surface area contributed by atoms with Crippen molar-refractivity contribution in [3.63, 3.8) is 0 Å². The Hall–Kier alpha value is -0.0800. The first kappa shape index (κ1) is 17.3. The summed E-state index contributed by atoms with van der Waals surface area (Å²) in [5, 5.41) is 0. The van der Waals surface area contributed by atoms with E-state index in [-0.39, 0.29) is 0 Å². The molecule has 2 fully saturated rings. The zero-order chi connectivity index (χ0) is 15.5. The van der Waals surface area contributed by atoms with Crippen LogP contribution in [-0.2, 0) is 0 Å². The SMILES string of the molecule is CCC1CCCN(C2CC(C(C)(C)CC)CCC2N)CC1. The Morgan fingerprint density at radius 3 is 2.48 bits per heavy atom. The van der Waals surface area contributed by atoms with Crippen LogP contribution in [0.4, 0.5) is 0 Å². The Balaban J connectivity index is 1.99. The third-order valence-corrected chi connectivity index (χ3v) is 6.81. The summed E-state index contributed by atoms with van der Waals surface area (Å²) in [6, 6.07) is 1.05. The lowest BCUT2D eigenvalue weighted by Gasteiger charge is -2.46. The van der Waals surface area contributed by atoms with Crippen molar-refractivity contribution in [2.45, 2.75) is 91.1 Å². The van der Waals surface area contributed by atoms with E-state index in [1.54, 1.807) is 0 Å². The largest absolute Gasteiger partial charge is 0.326 e. The fourth-order valence-electron chi connectivity index (χ4n) is 4.52. The topological polar surface area (TPSA) is 29.3 Å². The van der Waals surface area contributed by atoms with Crippen molar-refractivity contribution in [1.82, 2.24) is 4.90 Å². The molecule has 2 heteroatoms. The van der Waals surface area contributed by atoms with Gasteiger partial charge in [-0.1, -0.05) is 40.5 Å². The summed E-state index contributed by atoms with van der Waals surface area (Å²) in [6.45, 7) is 12.2. The van der Waals surface area contributed by atoms with Crippen molar-refractivity contribution in [1.29, 1.82) is 0 Å². The van der Waals surface area contributed by atoms with Crippen LogP contribution in [0, 0.1) is 17.3 Å². The molecule has 1 saturated carbocycles. The van der Waals surface area contributed by atoms with Gasteiger partial charge < -0.3 is 5.73 Å². The average molecular weight is 295 g/mol. The molecule has 0 radical (unpaired) electrons. The number of nitrogens with zero attached hydrogens (tertiary/aromatic N) is 1. The third-order valence-electron chi connectivity index (χ3n) is 6.81. The van der Waals surface area contributed by atoms with Gasteiger partial charge in [0, 0.05) is 12.1 Å². The van der Waals surface area contributed by atoms with Gasteiger partial charge in [-0.05, 0) is 68.9 Å². The van der Waals surface area contributed by atoms with Crippen LogP contribution in [0.5, 0.6) is 0 Å². The summed E-state index contributed by atoms with van der Waals surface area (Å²) in [5.74, 6) is 1.82. The van der Waals surface area contributed by atoms with E-state index >= 15 is 0 Å². The second-order valence-electron chi connectivity index (χ2n) is 8.32. The van der Waals surface area contributed by atoms with Gasteiger partial charge in [0.15, 0.2) is 0 Å². The number of hydrogen-bond acceptors (Lipinski definition) is 2. The van der Waals surface area contributed by atoms with Gasteiger partial charge in [-0.2, -0.15) is 0 Å². The molecular formula is C19H38N2. The van der Waals surface area contributed by atoms with Gasteiger partial charge in [-0.3, -0.25) is 4.90 Å². The van der Waals surface area contributed by atoms with E-state index < -0.39 is 0 Å². The molecule has 0 bridgehead atoms. The first-order chi connectivity index (χ1) is 9.97. The smallest absolute Gasteiger partial charge is 0.0250 e. The van der Waals surface area contributed by atoms with E-state index in [0.717, 1.165) is 11.8 Å². The standard InChI is InChI=1S/C19H38N2/c1-5-15-8-7-12-21(13-11-15)18-14-16(9-10-17(18)20)19(3,4)6-2/h15-18H,5-14,20H2,1-4H3. The third kappa shape index (κ3) is 4.22. The van der Waals surface area contributed by atoms with E-state index in [2.05, 4.69) is 32.6 Å². The first-order valence-corrected chi connectivity index (χ1v) is 9.47. The minimum Gasteiger partial charge on any atom is -0.326 e. The zero-order valence-corrected chi connectivity index (χ0v) is 14.9. The Bertz CT molecular complexity index is 313. The van der Waals surface area contributed by atoms with Crippen LogP contribution < -0.4 is 5.73 Å². The Labute approximate surface area is 132 Å². The van der Waals surface area contributed by atoms with Crippen molar-refractivity contribution in [3.05, 3.63) is 0 Å². The van der Waals surface area contributed by atoms with Crippen LogP contribution in [0.2, 0.25) is 0 Å². The molecule has 1 aliphatic heterocycles. The second kappa shape index (κ2) is 7.46. The lowest BCUT2D eigenvalue weighted by Crippen LogP contribution is -2.53. The minimum atomic E-state index is 0.409. The summed E-state index contributed by atoms with van der Waals surface area (Å²) >= 11 is 0. The molecule has 0 aromatic heterocycles. The normalized spacial score (nSPS) is 36.4. The number of rotatable bonds is 4. The average Bonchev–Trinajstić information content (AvgIpc) is 2.73. The maximum Gasteiger partial charge on any atom is 0.0250 e. The van der Waals surface area contributed by atoms with E-state index in [4.69, 9.17) is 5.73 Å². The summed E-state index contributed by atoms with van der Waals surface area (Å²) < 4.78 is 0. The molecule has 2 rings (SSSR count). The van der Waals surface area contributed by atoms with Crippen LogP contribution in [0.1, 0.15) is 79.1 Å². The molecule has 0 amide bonds. The van der Waals surface area contributed by atoms with Crippen LogP contribution in [0.25, 0.3) is 0 Å². The summed E-state index contributed by atoms with van der Waals surface area (Å²) in [6.07, 6.45) is 10.7. The van der Waals surface area contributed by atoms with Crippen molar-refractivity contribution in [2.75, 3.05) is 13.1 Å². The summed E-state index contributed by atoms with van der Waals surface area (Å²) in [7, 11) is 0. The van der Waals surface area contributed by atoms with Gasteiger partial charge in [0.05, 0.1) is 0 Å². The Kier molecular flexibility index (Phi) is 6.14. The molecule has 0 aromatic rings. The molecule has 124 valence electrons. The summed E-state index contributed by atoms with van der Waals surface area (Å²) in [4.78, 5) is 2.76. The van der Waals surface area contributed by atoms with E-state index in [0.29, 0.717) is 17.5 Å². The van der Waals surface area contributed by atoms with E-state index in [1.807, 2.05) is 0 Å². The predicted octanol–water partition coefficient (Wildman–Crippen LogP) is 4.43. The zero-order valence-electron chi connectivity index (χ0n) is 14.9. The fraction of sp³-hybridized carbons (Fsp3) is 1.00. The molecule has 21 heavy (non-hydrogen) atoms. The monoisotopic (exact) mass is 294 g/mol. The molecular weight excluding hydrogens is 256 g/mol. The molecule has 2 aliphatic rings. The van der Waals surface area contributed by atoms with Crippen LogP contribution in [0.15, 0.2) is 0 Å². The maximum absolute atomic E-state index is 6.53. The Morgan fingerprint density at radius 1 is 1.05 bits per heavy atom. The molecule has 0 aromatic carbocycles. The highest BCUT2D eigenvalue weighted by atomic mass is 15.2. The van der Waals surface area contributed by atoms with Crippen molar-refractivity contribution in [2.24, 2.45) is 23.0 Å². The number of hydrogen-bond donors (Lipinski definition) is 1. The van der Waals surface area contributed by atoms with Gasteiger partial charge in [0.25, 0.3) is 0 Å². The molecule has 1 heterocycles. The number of nitrogens with two attached hydrogens (primary N) is 1. The minimum absolute atomic E-state index is 0.409. The predicted molar refractivity (Wildman–Crippen MR) is 92.4 cm³/mol. The highest BCUT2D eigenvalue weighted by Crippen LogP contribution is 2.41. The highest BCUT2D eigenvalue weighted by molar-refractivity contribution is 4.94. The van der Waals surface area contributed by atoms with E-state index in [1.165, 1.54) is 64.5 Å². The first-order valence-electron chi connectivity index (χ1n) is 9.47. The number of likely N-dealkylation sites (tertiary alicyclic amines) is 1. The lowest BCUT2D eigenvalue weighted by molar-refractivity contribution is 0.0611. The molecule has 0 spiro atoms. The Morgan fingerprint density at radius 2 is 1.81 bits per heavy atom. The lowest BCUT2D eigenvalue weighted by atomic mass is 9.67. The van der Waals surface area contributed by atoms with Crippen molar-refractivity contribution in [3.8, 4) is 0 Å². The molecule has 4 unspecified atom stereocenters.